The average Bonchev–Trinajstić information content (AvgIpc) is 3.05. The largest absolute Gasteiger partial charge is 0.504 e. The molecule has 5 aliphatic heterocycles. The lowest BCUT2D eigenvalue weighted by Crippen LogP contribution is -2.34. The van der Waals surface area contributed by atoms with E-state index in [-0.39, 0.29) is 17.8 Å². The van der Waals surface area contributed by atoms with E-state index in [0.29, 0.717) is 46.7 Å². The van der Waals surface area contributed by atoms with Gasteiger partial charge in [-0.3, -0.25) is 9.80 Å². The molecule has 0 aliphatic carbocycles. The molecule has 234 valence electrons. The Balaban J connectivity index is 1.44. The molecule has 2 atom stereocenters. The van der Waals surface area contributed by atoms with Crippen molar-refractivity contribution in [2.75, 3.05) is 48.5 Å². The van der Waals surface area contributed by atoms with Gasteiger partial charge in [0.2, 0.25) is 5.75 Å². The molecule has 0 saturated heterocycles. The highest BCUT2D eigenvalue weighted by Gasteiger charge is 2.33. The molecule has 4 aromatic carbocycles. The minimum absolute atomic E-state index is 0.0277. The minimum atomic E-state index is 0.0277. The van der Waals surface area contributed by atoms with Gasteiger partial charge in [-0.05, 0) is 110 Å². The van der Waals surface area contributed by atoms with Gasteiger partial charge in [-0.2, -0.15) is 0 Å². The van der Waals surface area contributed by atoms with Gasteiger partial charge < -0.3 is 28.8 Å². The predicted octanol–water partition coefficient (Wildman–Crippen LogP) is 6.86. The minimum Gasteiger partial charge on any atom is -0.504 e. The number of phenolic OH excluding ortho intramolecular Hbond substituents is 1. The molecule has 0 saturated carbocycles. The van der Waals surface area contributed by atoms with Gasteiger partial charge in [-0.25, -0.2) is 0 Å². The third-order valence-corrected chi connectivity index (χ3v) is 9.66. The lowest BCUT2D eigenvalue weighted by atomic mass is 9.87. The van der Waals surface area contributed by atoms with Crippen LogP contribution in [0.3, 0.4) is 0 Å². The van der Waals surface area contributed by atoms with Crippen LogP contribution >= 0.6 is 0 Å². The van der Waals surface area contributed by atoms with Crippen molar-refractivity contribution >= 4 is 0 Å². The topological polar surface area (TPSA) is 72.9 Å². The summed E-state index contributed by atoms with van der Waals surface area (Å²) in [4.78, 5) is 4.76. The summed E-state index contributed by atoms with van der Waals surface area (Å²) in [6, 6.07) is 20.4. The van der Waals surface area contributed by atoms with Crippen LogP contribution in [0.1, 0.15) is 45.5 Å². The summed E-state index contributed by atoms with van der Waals surface area (Å²) in [5.41, 5.74) is 6.96. The molecule has 8 heteroatoms. The molecule has 0 spiro atoms. The highest BCUT2D eigenvalue weighted by Crippen LogP contribution is 2.51. The summed E-state index contributed by atoms with van der Waals surface area (Å²) >= 11 is 0. The molecule has 1 N–H and O–H groups in total. The first-order valence-corrected chi connectivity index (χ1v) is 15.5. The van der Waals surface area contributed by atoms with Crippen LogP contribution in [0.25, 0.3) is 0 Å². The maximum Gasteiger partial charge on any atom is 0.204 e. The van der Waals surface area contributed by atoms with E-state index in [4.69, 9.17) is 23.7 Å². The Morgan fingerprint density at radius 3 is 2.09 bits per heavy atom. The zero-order chi connectivity index (χ0) is 31.2. The second kappa shape index (κ2) is 11.8. The highest BCUT2D eigenvalue weighted by atomic mass is 16.5. The first kappa shape index (κ1) is 29.3. The summed E-state index contributed by atoms with van der Waals surface area (Å²) in [6.07, 6.45) is 3.24. The van der Waals surface area contributed by atoms with Gasteiger partial charge in [0.05, 0.1) is 21.3 Å². The Morgan fingerprint density at radius 2 is 1.36 bits per heavy atom. The molecular formula is C37H40N2O6. The summed E-state index contributed by atoms with van der Waals surface area (Å²) in [5.74, 6) is 4.44. The number of nitrogens with zero attached hydrogens (tertiary/aromatic N) is 2. The average molecular weight is 609 g/mol. The standard InChI is InChI=1S/C37H40N2O6/c1-38-14-12-24-19-34-33(41-3)20-27(24)29(38)16-22-6-9-25(10-7-22)44-32-18-23(8-11-31(32)40)17-30-28-21-35(42-4)37(43-5)36(45-34)26(28)13-15-39(30)2/h6-11,18-21,29-30,40H,12-17H2,1-5H3/t29-,30-/m1/s1. The van der Waals surface area contributed by atoms with Crippen molar-refractivity contribution < 1.29 is 28.8 Å². The van der Waals surface area contributed by atoms with Crippen LogP contribution in [-0.2, 0) is 25.7 Å². The van der Waals surface area contributed by atoms with Crippen molar-refractivity contribution in [1.82, 2.24) is 9.80 Å². The quantitative estimate of drug-likeness (QED) is 0.271. The number of ether oxygens (including phenoxy) is 5. The van der Waals surface area contributed by atoms with Crippen LogP contribution in [0, 0.1) is 0 Å². The third-order valence-electron chi connectivity index (χ3n) is 9.66. The lowest BCUT2D eigenvalue weighted by molar-refractivity contribution is 0.224. The fourth-order valence-corrected chi connectivity index (χ4v) is 7.11. The van der Waals surface area contributed by atoms with Gasteiger partial charge in [0.1, 0.15) is 5.75 Å². The lowest BCUT2D eigenvalue weighted by Gasteiger charge is -2.37. The number of rotatable bonds is 3. The van der Waals surface area contributed by atoms with Crippen LogP contribution in [0.15, 0.2) is 60.7 Å². The van der Waals surface area contributed by atoms with E-state index in [2.05, 4.69) is 54.2 Å². The maximum atomic E-state index is 10.7. The van der Waals surface area contributed by atoms with Crippen LogP contribution in [0.2, 0.25) is 0 Å². The van der Waals surface area contributed by atoms with E-state index in [1.165, 1.54) is 16.7 Å². The van der Waals surface area contributed by atoms with Crippen LogP contribution < -0.4 is 23.7 Å². The van der Waals surface area contributed by atoms with E-state index in [0.717, 1.165) is 49.0 Å². The normalized spacial score (nSPS) is 19.4. The zero-order valence-electron chi connectivity index (χ0n) is 26.6. The molecule has 5 heterocycles. The smallest absolute Gasteiger partial charge is 0.204 e. The van der Waals surface area contributed by atoms with Crippen molar-refractivity contribution in [3.63, 3.8) is 0 Å². The highest BCUT2D eigenvalue weighted by molar-refractivity contribution is 5.63. The van der Waals surface area contributed by atoms with Crippen molar-refractivity contribution in [2.45, 2.75) is 37.8 Å². The first-order valence-electron chi connectivity index (χ1n) is 15.5. The molecule has 45 heavy (non-hydrogen) atoms. The summed E-state index contributed by atoms with van der Waals surface area (Å²) in [5, 5.41) is 10.7. The summed E-state index contributed by atoms with van der Waals surface area (Å²) in [7, 11) is 9.33. The monoisotopic (exact) mass is 608 g/mol. The Hall–Kier alpha value is -4.40. The Kier molecular flexibility index (Phi) is 7.71. The molecule has 8 nitrogen and oxygen atoms in total. The maximum absolute atomic E-state index is 10.7. The van der Waals surface area contributed by atoms with E-state index < -0.39 is 0 Å². The van der Waals surface area contributed by atoms with Gasteiger partial charge in [0.25, 0.3) is 0 Å². The van der Waals surface area contributed by atoms with E-state index >= 15 is 0 Å². The SMILES string of the molecule is COc1cc2c3cc1Oc1c4c(cc(OC)c1OC)[C@@H](Cc1ccc(O)c(c1)Oc1ccc(cc1)C[C@H]2N(C)CC3)N(C)CC4. The summed E-state index contributed by atoms with van der Waals surface area (Å²) < 4.78 is 30.9. The molecule has 0 amide bonds. The number of hydrogen-bond donors (Lipinski definition) is 1. The fraction of sp³-hybridized carbons (Fsp3) is 0.351. The van der Waals surface area contributed by atoms with E-state index in [9.17, 15) is 5.11 Å². The number of methoxy groups -OCH3 is 3. The van der Waals surface area contributed by atoms with Crippen molar-refractivity contribution in [2.24, 2.45) is 0 Å². The summed E-state index contributed by atoms with van der Waals surface area (Å²) in [6.45, 7) is 1.78. The predicted molar refractivity (Wildman–Crippen MR) is 173 cm³/mol. The molecule has 0 unspecified atom stereocenters. The molecule has 4 aromatic rings. The Bertz CT molecular complexity index is 1740. The number of benzene rings is 4. The van der Waals surface area contributed by atoms with Crippen molar-refractivity contribution in [3.8, 4) is 46.0 Å². The molecule has 9 rings (SSSR count). The van der Waals surface area contributed by atoms with Crippen LogP contribution in [0.5, 0.6) is 46.0 Å². The number of hydrogen-bond acceptors (Lipinski definition) is 8. The molecule has 5 aliphatic rings. The van der Waals surface area contributed by atoms with Crippen molar-refractivity contribution in [3.05, 3.63) is 94.0 Å². The molecule has 0 aromatic heterocycles. The second-order valence-electron chi connectivity index (χ2n) is 12.3. The van der Waals surface area contributed by atoms with E-state index in [1.54, 1.807) is 27.4 Å². The Morgan fingerprint density at radius 1 is 0.689 bits per heavy atom. The van der Waals surface area contributed by atoms with Crippen molar-refractivity contribution in [1.29, 1.82) is 0 Å². The number of aromatic hydroxyl groups is 1. The van der Waals surface area contributed by atoms with Gasteiger partial charge in [0.15, 0.2) is 34.5 Å². The molecule has 0 fully saturated rings. The number of fused-ring (bicyclic) bond motifs is 1. The van der Waals surface area contributed by atoms with Gasteiger partial charge in [0, 0.05) is 30.7 Å². The Labute approximate surface area is 264 Å². The third kappa shape index (κ3) is 5.32. The van der Waals surface area contributed by atoms with Crippen LogP contribution in [-0.4, -0.2) is 63.4 Å². The van der Waals surface area contributed by atoms with Gasteiger partial charge >= 0.3 is 0 Å². The van der Waals surface area contributed by atoms with Crippen LogP contribution in [0.4, 0.5) is 0 Å². The second-order valence-corrected chi connectivity index (χ2v) is 12.3. The number of phenols is 1. The molecule has 0 radical (unpaired) electrons. The molecule has 12 bridgehead atoms. The fourth-order valence-electron chi connectivity index (χ4n) is 7.11. The number of likely N-dealkylation sites (N-methyl/N-ethyl adjacent to an activating group) is 2. The van der Waals surface area contributed by atoms with Gasteiger partial charge in [-0.1, -0.05) is 18.2 Å². The molecular weight excluding hydrogens is 568 g/mol. The van der Waals surface area contributed by atoms with E-state index in [1.807, 2.05) is 24.3 Å². The first-order chi connectivity index (χ1) is 21.9. The zero-order valence-corrected chi connectivity index (χ0v) is 26.6. The van der Waals surface area contributed by atoms with Gasteiger partial charge in [-0.15, -0.1) is 0 Å².